The molecule has 0 bridgehead atoms. The molecule has 0 heterocycles. The van der Waals surface area contributed by atoms with E-state index in [0.717, 1.165) is 12.2 Å². The van der Waals surface area contributed by atoms with E-state index in [-0.39, 0.29) is 24.0 Å². The minimum atomic E-state index is -2.72. The predicted octanol–water partition coefficient (Wildman–Crippen LogP) is 2.83. The Bertz CT molecular complexity index is 524. The summed E-state index contributed by atoms with van der Waals surface area (Å²) in [6.07, 6.45) is -0.565. The summed E-state index contributed by atoms with van der Waals surface area (Å²) in [5.74, 6) is -1.69. The molecule has 0 aliphatic rings. The van der Waals surface area contributed by atoms with Crippen molar-refractivity contribution in [1.82, 2.24) is 0 Å². The maximum absolute atomic E-state index is 12.9. The Morgan fingerprint density at radius 1 is 1.40 bits per heavy atom. The summed E-state index contributed by atoms with van der Waals surface area (Å²) in [6.45, 7) is 0. The Kier molecular flexibility index (Phi) is 5.83. The molecule has 0 aliphatic carbocycles. The minimum absolute atomic E-state index is 0.0388. The number of carbonyl (C=O) groups is 2. The monoisotopic (exact) mass is 284 g/mol. The van der Waals surface area contributed by atoms with Crippen molar-refractivity contribution in [3.8, 4) is 0 Å². The van der Waals surface area contributed by atoms with Crippen molar-refractivity contribution >= 4 is 18.0 Å². The third-order valence-corrected chi connectivity index (χ3v) is 2.68. The lowest BCUT2D eigenvalue weighted by Crippen LogP contribution is -2.04. The summed E-state index contributed by atoms with van der Waals surface area (Å²) in [6, 6.07) is 4.26. The number of ether oxygens (including phenoxy) is 1. The first-order valence-electron chi connectivity index (χ1n) is 5.83. The van der Waals surface area contributed by atoms with E-state index >= 15 is 0 Å². The molecule has 0 fully saturated rings. The lowest BCUT2D eigenvalue weighted by Gasteiger charge is -2.11. The zero-order valence-electron chi connectivity index (χ0n) is 10.8. The summed E-state index contributed by atoms with van der Waals surface area (Å²) in [5, 5.41) is 8.60. The average molecular weight is 284 g/mol. The van der Waals surface area contributed by atoms with E-state index in [0.29, 0.717) is 5.56 Å². The van der Waals surface area contributed by atoms with Gasteiger partial charge in [0.25, 0.3) is 6.43 Å². The van der Waals surface area contributed by atoms with Crippen LogP contribution in [0, 0.1) is 0 Å². The number of methoxy groups -OCH3 is 1. The lowest BCUT2D eigenvalue weighted by atomic mass is 9.97. The van der Waals surface area contributed by atoms with Crippen LogP contribution in [-0.2, 0) is 20.7 Å². The fourth-order valence-electron chi connectivity index (χ4n) is 1.74. The molecule has 6 heteroatoms. The van der Waals surface area contributed by atoms with E-state index in [1.807, 2.05) is 0 Å². The van der Waals surface area contributed by atoms with Crippen LogP contribution >= 0.6 is 0 Å². The van der Waals surface area contributed by atoms with Gasteiger partial charge in [0.2, 0.25) is 0 Å². The molecule has 0 amide bonds. The smallest absolute Gasteiger partial charge is 0.328 e. The fraction of sp³-hybridized carbons (Fsp3) is 0.286. The van der Waals surface area contributed by atoms with Gasteiger partial charge in [-0.05, 0) is 23.6 Å². The van der Waals surface area contributed by atoms with E-state index in [1.165, 1.54) is 19.2 Å². The topological polar surface area (TPSA) is 63.6 Å². The van der Waals surface area contributed by atoms with E-state index < -0.39 is 18.4 Å². The molecular weight excluding hydrogens is 270 g/mol. The van der Waals surface area contributed by atoms with Gasteiger partial charge in [0, 0.05) is 18.1 Å². The number of carboxylic acids is 1. The molecule has 0 radical (unpaired) electrons. The van der Waals surface area contributed by atoms with Gasteiger partial charge in [-0.3, -0.25) is 4.79 Å². The summed E-state index contributed by atoms with van der Waals surface area (Å²) in [4.78, 5) is 21.6. The van der Waals surface area contributed by atoms with Crippen LogP contribution in [-0.4, -0.2) is 24.2 Å². The molecular formula is C14H14F2O4. The Balaban J connectivity index is 3.11. The van der Waals surface area contributed by atoms with Crippen LogP contribution in [0.2, 0.25) is 0 Å². The zero-order valence-corrected chi connectivity index (χ0v) is 10.8. The van der Waals surface area contributed by atoms with Crippen molar-refractivity contribution in [3.05, 3.63) is 41.0 Å². The number of aryl methyl sites for hydroxylation is 1. The van der Waals surface area contributed by atoms with Crippen LogP contribution in [0.4, 0.5) is 8.78 Å². The normalized spacial score (nSPS) is 11.0. The summed E-state index contributed by atoms with van der Waals surface area (Å²) in [7, 11) is 1.24. The number of alkyl halides is 2. The van der Waals surface area contributed by atoms with Gasteiger partial charge in [0.15, 0.2) is 0 Å². The highest BCUT2D eigenvalue weighted by atomic mass is 19.3. The molecule has 1 N–H and O–H groups in total. The van der Waals surface area contributed by atoms with Gasteiger partial charge in [-0.2, -0.15) is 0 Å². The van der Waals surface area contributed by atoms with E-state index in [2.05, 4.69) is 4.74 Å². The predicted molar refractivity (Wildman–Crippen MR) is 68.4 cm³/mol. The number of carbonyl (C=O) groups excluding carboxylic acids is 1. The Morgan fingerprint density at radius 2 is 2.10 bits per heavy atom. The lowest BCUT2D eigenvalue weighted by molar-refractivity contribution is -0.140. The molecule has 0 spiro atoms. The number of benzene rings is 1. The molecule has 1 rings (SSSR count). The molecule has 1 aromatic rings. The van der Waals surface area contributed by atoms with Crippen molar-refractivity contribution < 1.29 is 28.2 Å². The van der Waals surface area contributed by atoms with Gasteiger partial charge < -0.3 is 9.84 Å². The molecule has 0 atom stereocenters. The number of hydrogen-bond donors (Lipinski definition) is 1. The second kappa shape index (κ2) is 7.37. The SMILES string of the molecule is COC(=O)CCc1cccc(C(F)F)c1/C=C/C(=O)O. The van der Waals surface area contributed by atoms with Gasteiger partial charge in [-0.15, -0.1) is 0 Å². The number of rotatable bonds is 6. The first-order valence-corrected chi connectivity index (χ1v) is 5.83. The van der Waals surface area contributed by atoms with Crippen molar-refractivity contribution in [3.63, 3.8) is 0 Å². The van der Waals surface area contributed by atoms with Crippen molar-refractivity contribution in [2.45, 2.75) is 19.3 Å². The second-order valence-corrected chi connectivity index (χ2v) is 3.97. The second-order valence-electron chi connectivity index (χ2n) is 3.97. The first-order chi connectivity index (χ1) is 9.45. The van der Waals surface area contributed by atoms with Crippen LogP contribution in [0.25, 0.3) is 6.08 Å². The zero-order chi connectivity index (χ0) is 15.1. The molecule has 0 aliphatic heterocycles. The highest BCUT2D eigenvalue weighted by Gasteiger charge is 2.15. The summed E-state index contributed by atoms with van der Waals surface area (Å²) in [5.41, 5.74) is 0.351. The van der Waals surface area contributed by atoms with Crippen molar-refractivity contribution in [1.29, 1.82) is 0 Å². The van der Waals surface area contributed by atoms with Crippen LogP contribution in [0.15, 0.2) is 24.3 Å². The molecule has 0 saturated heterocycles. The van der Waals surface area contributed by atoms with E-state index in [9.17, 15) is 18.4 Å². The fourth-order valence-corrected chi connectivity index (χ4v) is 1.74. The number of esters is 1. The summed E-state index contributed by atoms with van der Waals surface area (Å²) < 4.78 is 30.3. The molecule has 108 valence electrons. The maximum atomic E-state index is 12.9. The molecule has 0 saturated carbocycles. The average Bonchev–Trinajstić information content (AvgIpc) is 2.42. The third kappa shape index (κ3) is 4.46. The number of hydrogen-bond acceptors (Lipinski definition) is 3. The largest absolute Gasteiger partial charge is 0.478 e. The van der Waals surface area contributed by atoms with Gasteiger partial charge in [-0.1, -0.05) is 18.2 Å². The molecule has 1 aromatic carbocycles. The molecule has 0 aromatic heterocycles. The van der Waals surface area contributed by atoms with Crippen LogP contribution < -0.4 is 0 Å². The van der Waals surface area contributed by atoms with Crippen LogP contribution in [0.1, 0.15) is 29.5 Å². The van der Waals surface area contributed by atoms with E-state index in [1.54, 1.807) is 6.07 Å². The summed E-state index contributed by atoms with van der Waals surface area (Å²) >= 11 is 0. The first kappa shape index (κ1) is 15.8. The third-order valence-electron chi connectivity index (χ3n) is 2.68. The van der Waals surface area contributed by atoms with Gasteiger partial charge in [0.05, 0.1) is 7.11 Å². The Labute approximate surface area is 114 Å². The quantitative estimate of drug-likeness (QED) is 0.644. The Morgan fingerprint density at radius 3 is 2.65 bits per heavy atom. The number of carboxylic acid groups (broad SMARTS) is 1. The van der Waals surface area contributed by atoms with Gasteiger partial charge >= 0.3 is 11.9 Å². The molecule has 0 unspecified atom stereocenters. The number of aliphatic carboxylic acids is 1. The maximum Gasteiger partial charge on any atom is 0.328 e. The van der Waals surface area contributed by atoms with Crippen molar-refractivity contribution in [2.24, 2.45) is 0 Å². The Hall–Kier alpha value is -2.24. The van der Waals surface area contributed by atoms with Crippen molar-refractivity contribution in [2.75, 3.05) is 7.11 Å². The minimum Gasteiger partial charge on any atom is -0.478 e. The highest BCUT2D eigenvalue weighted by molar-refractivity contribution is 5.86. The van der Waals surface area contributed by atoms with E-state index in [4.69, 9.17) is 5.11 Å². The van der Waals surface area contributed by atoms with Gasteiger partial charge in [0.1, 0.15) is 0 Å². The number of halogens is 2. The standard InChI is InChI=1S/C14H14F2O4/c1-20-13(19)8-5-9-3-2-4-11(14(15)16)10(9)6-7-12(17)18/h2-4,6-7,14H,5,8H2,1H3,(H,17,18)/b7-6+. The van der Waals surface area contributed by atoms with Gasteiger partial charge in [-0.25, -0.2) is 13.6 Å². The van der Waals surface area contributed by atoms with Crippen LogP contribution in [0.5, 0.6) is 0 Å². The van der Waals surface area contributed by atoms with Crippen LogP contribution in [0.3, 0.4) is 0 Å². The highest BCUT2D eigenvalue weighted by Crippen LogP contribution is 2.27. The molecule has 20 heavy (non-hydrogen) atoms. The molecule has 4 nitrogen and oxygen atoms in total.